The summed E-state index contributed by atoms with van der Waals surface area (Å²) in [6.07, 6.45) is 3.19. The zero-order valence-corrected chi connectivity index (χ0v) is 11.7. The molecule has 2 unspecified atom stereocenters. The molecule has 0 bridgehead atoms. The Balaban J connectivity index is 2.62. The van der Waals surface area contributed by atoms with Crippen LogP contribution >= 0.6 is 0 Å². The van der Waals surface area contributed by atoms with Gasteiger partial charge in [-0.3, -0.25) is 0 Å². The fourth-order valence-corrected chi connectivity index (χ4v) is 5.02. The quantitative estimate of drug-likeness (QED) is 0.729. The van der Waals surface area contributed by atoms with Gasteiger partial charge in [-0.1, -0.05) is 6.92 Å². The van der Waals surface area contributed by atoms with Gasteiger partial charge in [-0.2, -0.15) is 0 Å². The third kappa shape index (κ3) is 3.53. The normalized spacial score (nSPS) is 26.6. The van der Waals surface area contributed by atoms with Crippen LogP contribution in [0.15, 0.2) is 0 Å². The van der Waals surface area contributed by atoms with E-state index in [1.165, 1.54) is 0 Å². The lowest BCUT2D eigenvalue weighted by atomic mass is 10.1. The molecule has 1 heterocycles. The molecule has 1 aliphatic rings. The third-order valence-corrected chi connectivity index (χ3v) is 6.06. The van der Waals surface area contributed by atoms with Gasteiger partial charge in [0.05, 0.1) is 6.10 Å². The first kappa shape index (κ1) is 14.1. The Labute approximate surface area is 99.8 Å². The molecule has 0 aromatic rings. The molecule has 1 saturated heterocycles. The molecule has 0 aliphatic carbocycles. The first-order chi connectivity index (χ1) is 7.67. The summed E-state index contributed by atoms with van der Waals surface area (Å²) in [5.41, 5.74) is 6.05. The van der Waals surface area contributed by atoms with Gasteiger partial charge in [0.15, 0.2) is 0 Å². The summed E-state index contributed by atoms with van der Waals surface area (Å²) in [5, 5.41) is 0. The summed E-state index contributed by atoms with van der Waals surface area (Å²) in [4.78, 5) is 0. The highest BCUT2D eigenvalue weighted by molar-refractivity contribution is 6.60. The lowest BCUT2D eigenvalue weighted by molar-refractivity contribution is 0.00337. The van der Waals surface area contributed by atoms with E-state index < -0.39 is 8.80 Å². The van der Waals surface area contributed by atoms with Crippen molar-refractivity contribution in [1.29, 1.82) is 0 Å². The second-order valence-electron chi connectivity index (χ2n) is 4.17. The van der Waals surface area contributed by atoms with E-state index in [0.29, 0.717) is 13.2 Å². The molecule has 0 aromatic carbocycles. The molecule has 0 saturated carbocycles. The van der Waals surface area contributed by atoms with E-state index in [1.54, 1.807) is 0 Å². The zero-order chi connectivity index (χ0) is 12.0. The minimum absolute atomic E-state index is 0.105. The number of hydrogen-bond acceptors (Lipinski definition) is 4. The summed E-state index contributed by atoms with van der Waals surface area (Å²) >= 11 is 0. The Morgan fingerprint density at radius 3 is 2.44 bits per heavy atom. The van der Waals surface area contributed by atoms with Crippen LogP contribution in [0.2, 0.25) is 6.04 Å². The smallest absolute Gasteiger partial charge is 0.374 e. The average Bonchev–Trinajstić information content (AvgIpc) is 2.29. The van der Waals surface area contributed by atoms with Gasteiger partial charge in [-0.25, -0.2) is 0 Å². The molecular weight excluding hydrogens is 222 g/mol. The summed E-state index contributed by atoms with van der Waals surface area (Å²) in [6.45, 7) is 7.37. The molecule has 1 rings (SSSR count). The number of hydrogen-bond donors (Lipinski definition) is 1. The van der Waals surface area contributed by atoms with Crippen molar-refractivity contribution in [2.45, 2.75) is 58.2 Å². The highest BCUT2D eigenvalue weighted by Crippen LogP contribution is 2.29. The van der Waals surface area contributed by atoms with Crippen molar-refractivity contribution in [3.8, 4) is 0 Å². The Morgan fingerprint density at radius 1 is 1.31 bits per heavy atom. The summed E-state index contributed by atoms with van der Waals surface area (Å²) in [6, 6.07) is 1.04. The van der Waals surface area contributed by atoms with E-state index in [0.717, 1.165) is 25.3 Å². The number of rotatable bonds is 6. The maximum atomic E-state index is 6.08. The van der Waals surface area contributed by atoms with Crippen molar-refractivity contribution < 1.29 is 13.3 Å². The lowest BCUT2D eigenvalue weighted by Gasteiger charge is -2.38. The molecule has 5 heteroatoms. The van der Waals surface area contributed by atoms with Crippen molar-refractivity contribution in [2.75, 3.05) is 13.2 Å². The van der Waals surface area contributed by atoms with Crippen LogP contribution in [0.4, 0.5) is 0 Å². The van der Waals surface area contributed by atoms with Crippen LogP contribution in [0, 0.1) is 0 Å². The average molecular weight is 247 g/mol. The van der Waals surface area contributed by atoms with Crippen molar-refractivity contribution in [2.24, 2.45) is 5.73 Å². The van der Waals surface area contributed by atoms with Crippen molar-refractivity contribution >= 4 is 8.80 Å². The first-order valence-corrected chi connectivity index (χ1v) is 8.32. The molecule has 0 spiro atoms. The van der Waals surface area contributed by atoms with Crippen LogP contribution in [0.25, 0.3) is 0 Å². The lowest BCUT2D eigenvalue weighted by Crippen LogP contribution is -2.55. The molecule has 1 aliphatic heterocycles. The molecular formula is C11H25NO3Si. The van der Waals surface area contributed by atoms with Crippen LogP contribution < -0.4 is 5.73 Å². The predicted octanol–water partition coefficient (Wildman–Crippen LogP) is 1.91. The zero-order valence-electron chi connectivity index (χ0n) is 10.7. The molecule has 0 radical (unpaired) electrons. The Morgan fingerprint density at radius 2 is 1.94 bits per heavy atom. The van der Waals surface area contributed by atoms with Crippen molar-refractivity contribution in [3.05, 3.63) is 0 Å². The number of nitrogens with two attached hydrogens (primary N) is 1. The van der Waals surface area contributed by atoms with Crippen LogP contribution in [-0.2, 0) is 13.3 Å². The summed E-state index contributed by atoms with van der Waals surface area (Å²) < 4.78 is 17.6. The Bertz CT molecular complexity index is 192. The van der Waals surface area contributed by atoms with Gasteiger partial charge in [-0.15, -0.1) is 0 Å². The topological polar surface area (TPSA) is 53.7 Å². The predicted molar refractivity (Wildman–Crippen MR) is 66.2 cm³/mol. The minimum Gasteiger partial charge on any atom is -0.374 e. The molecule has 16 heavy (non-hydrogen) atoms. The SMILES string of the molecule is CCO[Si]1(OCC)CCCC(C(N)CC)O1. The van der Waals surface area contributed by atoms with Gasteiger partial charge in [-0.05, 0) is 33.1 Å². The fraction of sp³-hybridized carbons (Fsp3) is 1.00. The molecule has 1 fully saturated rings. The minimum atomic E-state index is -2.40. The maximum Gasteiger partial charge on any atom is 0.501 e. The Hall–Kier alpha value is 0.0569. The molecule has 2 atom stereocenters. The van der Waals surface area contributed by atoms with E-state index in [9.17, 15) is 0 Å². The highest BCUT2D eigenvalue weighted by Gasteiger charge is 2.46. The van der Waals surface area contributed by atoms with E-state index >= 15 is 0 Å². The van der Waals surface area contributed by atoms with E-state index in [-0.39, 0.29) is 12.1 Å². The fourth-order valence-electron chi connectivity index (χ4n) is 2.13. The third-order valence-electron chi connectivity index (χ3n) is 2.98. The van der Waals surface area contributed by atoms with E-state index in [1.807, 2.05) is 13.8 Å². The second kappa shape index (κ2) is 6.71. The molecule has 0 amide bonds. The van der Waals surface area contributed by atoms with Gasteiger partial charge in [0, 0.05) is 25.3 Å². The van der Waals surface area contributed by atoms with Gasteiger partial charge in [0.1, 0.15) is 0 Å². The van der Waals surface area contributed by atoms with Crippen LogP contribution in [-0.4, -0.2) is 34.2 Å². The van der Waals surface area contributed by atoms with Gasteiger partial charge in [0.2, 0.25) is 0 Å². The first-order valence-electron chi connectivity index (χ1n) is 6.38. The summed E-state index contributed by atoms with van der Waals surface area (Å²) in [5.74, 6) is 0. The standard InChI is InChI=1S/C11H25NO3Si/c1-4-10(12)11-8-7-9-16(15-11,13-5-2)14-6-3/h10-11H,4-9,12H2,1-3H3. The van der Waals surface area contributed by atoms with Gasteiger partial charge < -0.3 is 19.0 Å². The molecule has 2 N–H and O–H groups in total. The Kier molecular flexibility index (Phi) is 5.92. The highest BCUT2D eigenvalue weighted by atomic mass is 28.4. The monoisotopic (exact) mass is 247 g/mol. The van der Waals surface area contributed by atoms with Gasteiger partial charge >= 0.3 is 8.80 Å². The molecule has 0 aromatic heterocycles. The van der Waals surface area contributed by atoms with Crippen LogP contribution in [0.1, 0.15) is 40.0 Å². The van der Waals surface area contributed by atoms with E-state index in [2.05, 4.69) is 6.92 Å². The van der Waals surface area contributed by atoms with Crippen molar-refractivity contribution in [1.82, 2.24) is 0 Å². The largest absolute Gasteiger partial charge is 0.501 e. The van der Waals surface area contributed by atoms with E-state index in [4.69, 9.17) is 19.0 Å². The molecule has 4 nitrogen and oxygen atoms in total. The second-order valence-corrected chi connectivity index (χ2v) is 6.85. The van der Waals surface area contributed by atoms with Crippen molar-refractivity contribution in [3.63, 3.8) is 0 Å². The molecule has 96 valence electrons. The van der Waals surface area contributed by atoms with Crippen LogP contribution in [0.5, 0.6) is 0 Å². The summed E-state index contributed by atoms with van der Waals surface area (Å²) in [7, 11) is -2.40. The van der Waals surface area contributed by atoms with Crippen LogP contribution in [0.3, 0.4) is 0 Å². The maximum absolute atomic E-state index is 6.08. The van der Waals surface area contributed by atoms with Gasteiger partial charge in [0.25, 0.3) is 0 Å².